The zero-order valence-electron chi connectivity index (χ0n) is 13.6. The number of nitrogens with zero attached hydrogens (tertiary/aromatic N) is 1. The average Bonchev–Trinajstić information content (AvgIpc) is 2.96. The van der Waals surface area contributed by atoms with Gasteiger partial charge >= 0.3 is 6.03 Å². The summed E-state index contributed by atoms with van der Waals surface area (Å²) in [5.74, 6) is -0.456. The van der Waals surface area contributed by atoms with Crippen molar-refractivity contribution in [2.24, 2.45) is 0 Å². The van der Waals surface area contributed by atoms with Crippen LogP contribution in [0, 0.1) is 0 Å². The predicted molar refractivity (Wildman–Crippen MR) is 88.5 cm³/mol. The Morgan fingerprint density at radius 1 is 1.17 bits per heavy atom. The van der Waals surface area contributed by atoms with Gasteiger partial charge in [0, 0.05) is 31.0 Å². The highest BCUT2D eigenvalue weighted by Crippen LogP contribution is 2.31. The van der Waals surface area contributed by atoms with Crippen LogP contribution in [0.3, 0.4) is 0 Å². The van der Waals surface area contributed by atoms with Gasteiger partial charge in [-0.3, -0.25) is 0 Å². The van der Waals surface area contributed by atoms with E-state index in [1.54, 1.807) is 0 Å². The molecule has 5 nitrogen and oxygen atoms in total. The van der Waals surface area contributed by atoms with Crippen molar-refractivity contribution in [3.05, 3.63) is 34.9 Å². The lowest BCUT2D eigenvalue weighted by atomic mass is 9.94. The molecule has 0 bridgehead atoms. The summed E-state index contributed by atoms with van der Waals surface area (Å²) in [5, 5.41) is 3.79. The molecule has 2 fully saturated rings. The van der Waals surface area contributed by atoms with E-state index in [2.05, 4.69) is 5.32 Å². The first-order valence-corrected chi connectivity index (χ1v) is 8.39. The molecule has 1 aromatic rings. The van der Waals surface area contributed by atoms with Gasteiger partial charge in [0.2, 0.25) is 0 Å². The number of hydrogen-bond donors (Lipinski definition) is 1. The van der Waals surface area contributed by atoms with Gasteiger partial charge in [0.1, 0.15) is 0 Å². The van der Waals surface area contributed by atoms with E-state index < -0.39 is 11.3 Å². The molecule has 1 aromatic carbocycles. The summed E-state index contributed by atoms with van der Waals surface area (Å²) >= 11 is 5.93. The first-order chi connectivity index (χ1) is 10.9. The van der Waals surface area contributed by atoms with Gasteiger partial charge in [-0.2, -0.15) is 0 Å². The third-order valence-electron chi connectivity index (χ3n) is 4.61. The molecular weight excluding hydrogens is 316 g/mol. The summed E-state index contributed by atoms with van der Waals surface area (Å²) < 4.78 is 11.4. The molecule has 0 aliphatic carbocycles. The van der Waals surface area contributed by atoms with E-state index in [-0.39, 0.29) is 6.03 Å². The van der Waals surface area contributed by atoms with Gasteiger partial charge < -0.3 is 19.7 Å². The van der Waals surface area contributed by atoms with E-state index in [0.29, 0.717) is 31.3 Å². The lowest BCUT2D eigenvalue weighted by Crippen LogP contribution is -2.53. The molecule has 0 saturated carbocycles. The molecule has 2 saturated heterocycles. The third-order valence-corrected chi connectivity index (χ3v) is 4.86. The fourth-order valence-corrected chi connectivity index (χ4v) is 3.25. The zero-order chi connectivity index (χ0) is 16.5. The van der Waals surface area contributed by atoms with Crippen LogP contribution in [0.15, 0.2) is 24.3 Å². The van der Waals surface area contributed by atoms with Gasteiger partial charge in [-0.05, 0) is 31.5 Å². The lowest BCUT2D eigenvalue weighted by molar-refractivity contribution is -0.181. The smallest absolute Gasteiger partial charge is 0.318 e. The van der Waals surface area contributed by atoms with Crippen molar-refractivity contribution in [2.75, 3.05) is 26.3 Å². The van der Waals surface area contributed by atoms with Crippen LogP contribution < -0.4 is 5.32 Å². The fraction of sp³-hybridized carbons (Fsp3) is 0.588. The predicted octanol–water partition coefficient (Wildman–Crippen LogP) is 3.12. The highest BCUT2D eigenvalue weighted by molar-refractivity contribution is 6.30. The topological polar surface area (TPSA) is 50.8 Å². The van der Waals surface area contributed by atoms with Crippen LogP contribution in [-0.4, -0.2) is 43.0 Å². The maximum atomic E-state index is 12.6. The number of likely N-dealkylation sites (tertiary alicyclic amines) is 1. The molecule has 6 heteroatoms. The van der Waals surface area contributed by atoms with Gasteiger partial charge in [-0.15, -0.1) is 0 Å². The number of carbonyl (C=O) groups excluding carboxylic acids is 1. The highest BCUT2D eigenvalue weighted by atomic mass is 35.5. The normalized spacial score (nSPS) is 20.7. The van der Waals surface area contributed by atoms with Gasteiger partial charge in [-0.1, -0.05) is 23.7 Å². The average molecular weight is 339 g/mol. The molecule has 126 valence electrons. The Labute approximate surface area is 141 Å². The molecule has 2 heterocycles. The molecule has 0 unspecified atom stereocenters. The SMILES string of the molecule is CC(C)(NC(=O)N1CCC2(CC1)OCCO2)c1ccc(Cl)cc1. The number of nitrogens with one attached hydrogen (secondary N) is 1. The summed E-state index contributed by atoms with van der Waals surface area (Å²) in [5.41, 5.74) is 0.558. The minimum Gasteiger partial charge on any atom is -0.347 e. The number of rotatable bonds is 2. The second kappa shape index (κ2) is 6.30. The molecule has 1 N–H and O–H groups in total. The largest absolute Gasteiger partial charge is 0.347 e. The molecular formula is C17H23ClN2O3. The number of ether oxygens (including phenoxy) is 2. The van der Waals surface area contributed by atoms with Gasteiger partial charge in [0.15, 0.2) is 5.79 Å². The Morgan fingerprint density at radius 3 is 2.30 bits per heavy atom. The second-order valence-electron chi connectivity index (χ2n) is 6.66. The van der Waals surface area contributed by atoms with Crippen LogP contribution in [0.25, 0.3) is 0 Å². The first-order valence-electron chi connectivity index (χ1n) is 8.01. The molecule has 23 heavy (non-hydrogen) atoms. The van der Waals surface area contributed by atoms with E-state index in [1.807, 2.05) is 43.0 Å². The van der Waals surface area contributed by atoms with Crippen molar-refractivity contribution >= 4 is 17.6 Å². The van der Waals surface area contributed by atoms with Crippen LogP contribution in [0.4, 0.5) is 4.79 Å². The summed E-state index contributed by atoms with van der Waals surface area (Å²) in [6.07, 6.45) is 1.45. The Morgan fingerprint density at radius 2 is 1.74 bits per heavy atom. The lowest BCUT2D eigenvalue weighted by Gasteiger charge is -2.39. The van der Waals surface area contributed by atoms with E-state index in [9.17, 15) is 4.79 Å². The molecule has 2 aliphatic rings. The maximum Gasteiger partial charge on any atom is 0.318 e. The molecule has 2 aliphatic heterocycles. The van der Waals surface area contributed by atoms with Crippen LogP contribution in [-0.2, 0) is 15.0 Å². The van der Waals surface area contributed by atoms with E-state index in [1.165, 1.54) is 0 Å². The molecule has 0 radical (unpaired) electrons. The van der Waals surface area contributed by atoms with Gasteiger partial charge in [-0.25, -0.2) is 4.79 Å². The van der Waals surface area contributed by atoms with Crippen LogP contribution >= 0.6 is 11.6 Å². The molecule has 3 rings (SSSR count). The number of hydrogen-bond acceptors (Lipinski definition) is 3. The summed E-state index contributed by atoms with van der Waals surface area (Å²) in [6.45, 7) is 6.56. The summed E-state index contributed by atoms with van der Waals surface area (Å²) in [7, 11) is 0. The van der Waals surface area contributed by atoms with Crippen LogP contribution in [0.1, 0.15) is 32.3 Å². The van der Waals surface area contributed by atoms with Crippen LogP contribution in [0.2, 0.25) is 5.02 Å². The monoisotopic (exact) mass is 338 g/mol. The minimum atomic E-state index is -0.461. The Bertz CT molecular complexity index is 558. The summed E-state index contributed by atoms with van der Waals surface area (Å²) in [4.78, 5) is 14.4. The van der Waals surface area contributed by atoms with E-state index >= 15 is 0 Å². The van der Waals surface area contributed by atoms with Crippen LogP contribution in [0.5, 0.6) is 0 Å². The molecule has 1 spiro atoms. The van der Waals surface area contributed by atoms with Crippen molar-refractivity contribution in [2.45, 2.75) is 38.0 Å². The van der Waals surface area contributed by atoms with Gasteiger partial charge in [0.05, 0.1) is 18.8 Å². The Hall–Kier alpha value is -1.30. The fourth-order valence-electron chi connectivity index (χ4n) is 3.12. The second-order valence-corrected chi connectivity index (χ2v) is 7.09. The third kappa shape index (κ3) is 3.62. The van der Waals surface area contributed by atoms with Crippen molar-refractivity contribution in [1.82, 2.24) is 10.2 Å². The summed E-state index contributed by atoms with van der Waals surface area (Å²) in [6, 6.07) is 7.49. The highest BCUT2D eigenvalue weighted by Gasteiger charge is 2.41. The first kappa shape index (κ1) is 16.6. The Kier molecular flexibility index (Phi) is 4.54. The number of piperidine rings is 1. The minimum absolute atomic E-state index is 0.0576. The van der Waals surface area contributed by atoms with Crippen molar-refractivity contribution in [1.29, 1.82) is 0 Å². The number of amides is 2. The molecule has 0 aromatic heterocycles. The number of halogens is 1. The standard InChI is InChI=1S/C17H23ClN2O3/c1-16(2,13-3-5-14(18)6-4-13)19-15(21)20-9-7-17(8-10-20)22-11-12-23-17/h3-6H,7-12H2,1-2H3,(H,19,21). The molecule has 2 amide bonds. The number of benzene rings is 1. The number of carbonyl (C=O) groups is 1. The maximum absolute atomic E-state index is 12.6. The van der Waals surface area contributed by atoms with E-state index in [0.717, 1.165) is 18.4 Å². The van der Waals surface area contributed by atoms with Crippen molar-refractivity contribution in [3.8, 4) is 0 Å². The quantitative estimate of drug-likeness (QED) is 0.901. The molecule has 0 atom stereocenters. The van der Waals surface area contributed by atoms with Gasteiger partial charge in [0.25, 0.3) is 0 Å². The van der Waals surface area contributed by atoms with Crippen molar-refractivity contribution in [3.63, 3.8) is 0 Å². The number of urea groups is 1. The zero-order valence-corrected chi connectivity index (χ0v) is 14.4. The van der Waals surface area contributed by atoms with Crippen molar-refractivity contribution < 1.29 is 14.3 Å². The van der Waals surface area contributed by atoms with E-state index in [4.69, 9.17) is 21.1 Å². The Balaban J connectivity index is 1.59.